The van der Waals surface area contributed by atoms with E-state index in [2.05, 4.69) is 35.1 Å². The van der Waals surface area contributed by atoms with E-state index in [1.165, 1.54) is 18.4 Å². The summed E-state index contributed by atoms with van der Waals surface area (Å²) in [6.07, 6.45) is 7.88. The van der Waals surface area contributed by atoms with Crippen LogP contribution in [0.5, 0.6) is 0 Å². The minimum absolute atomic E-state index is 0.148. The molecule has 3 rings (SSSR count). The molecule has 0 saturated heterocycles. The van der Waals surface area contributed by atoms with E-state index in [0.717, 1.165) is 36.6 Å². The van der Waals surface area contributed by atoms with Crippen LogP contribution in [-0.2, 0) is 11.2 Å². The van der Waals surface area contributed by atoms with Crippen LogP contribution in [0.3, 0.4) is 0 Å². The van der Waals surface area contributed by atoms with Gasteiger partial charge < -0.3 is 10.6 Å². The Morgan fingerprint density at radius 2 is 2.00 bits per heavy atom. The van der Waals surface area contributed by atoms with E-state index in [-0.39, 0.29) is 11.9 Å². The van der Waals surface area contributed by atoms with E-state index >= 15 is 0 Å². The molecule has 1 unspecified atom stereocenters. The van der Waals surface area contributed by atoms with Gasteiger partial charge in [0.2, 0.25) is 5.91 Å². The standard InChI is InChI=1S/C17H24N2OS/c1-21-14-8-6-13(7-9-14)19-17(20)16-15-5-3-2-4-12(15)10-11-18-16/h2-5,13-14,16,18H,6-11H2,1H3,(H,19,20). The SMILES string of the molecule is CSC1CCC(NC(=O)C2NCCc3ccccc32)CC1. The molecule has 1 heterocycles. The van der Waals surface area contributed by atoms with Gasteiger partial charge in [-0.3, -0.25) is 4.79 Å². The summed E-state index contributed by atoms with van der Waals surface area (Å²) in [5.41, 5.74) is 2.46. The van der Waals surface area contributed by atoms with Gasteiger partial charge in [-0.25, -0.2) is 0 Å². The number of thioether (sulfide) groups is 1. The summed E-state index contributed by atoms with van der Waals surface area (Å²) in [6, 6.07) is 8.49. The zero-order chi connectivity index (χ0) is 14.7. The number of rotatable bonds is 3. The summed E-state index contributed by atoms with van der Waals surface area (Å²) in [7, 11) is 0. The van der Waals surface area contributed by atoms with Crippen LogP contribution in [0.25, 0.3) is 0 Å². The summed E-state index contributed by atoms with van der Waals surface area (Å²) in [4.78, 5) is 12.6. The molecule has 0 bridgehead atoms. The van der Waals surface area contributed by atoms with E-state index < -0.39 is 0 Å². The largest absolute Gasteiger partial charge is 0.352 e. The maximum Gasteiger partial charge on any atom is 0.241 e. The lowest BCUT2D eigenvalue weighted by Gasteiger charge is -2.31. The molecular formula is C17H24N2OS. The second-order valence-corrected chi connectivity index (χ2v) is 7.19. The van der Waals surface area contributed by atoms with E-state index in [0.29, 0.717) is 6.04 Å². The summed E-state index contributed by atoms with van der Waals surface area (Å²) < 4.78 is 0. The van der Waals surface area contributed by atoms with Gasteiger partial charge in [-0.2, -0.15) is 11.8 Å². The third-order valence-corrected chi connectivity index (χ3v) is 5.86. The Kier molecular flexibility index (Phi) is 4.86. The minimum Gasteiger partial charge on any atom is -0.352 e. The predicted octanol–water partition coefficient (Wildman–Crippen LogP) is 2.66. The number of nitrogens with one attached hydrogen (secondary N) is 2. The van der Waals surface area contributed by atoms with Gasteiger partial charge in [0.1, 0.15) is 6.04 Å². The average molecular weight is 304 g/mol. The molecule has 2 N–H and O–H groups in total. The maximum absolute atomic E-state index is 12.6. The Labute approximate surface area is 131 Å². The van der Waals surface area contributed by atoms with Crippen molar-refractivity contribution in [1.82, 2.24) is 10.6 Å². The first-order valence-corrected chi connectivity index (χ1v) is 9.21. The van der Waals surface area contributed by atoms with Gasteiger partial charge in [0, 0.05) is 17.8 Å². The van der Waals surface area contributed by atoms with Crippen LogP contribution in [-0.4, -0.2) is 30.0 Å². The fourth-order valence-corrected chi connectivity index (χ4v) is 4.21. The van der Waals surface area contributed by atoms with Crippen molar-refractivity contribution >= 4 is 17.7 Å². The fourth-order valence-electron chi connectivity index (χ4n) is 3.47. The van der Waals surface area contributed by atoms with Crippen LogP contribution in [0.4, 0.5) is 0 Å². The monoisotopic (exact) mass is 304 g/mol. The van der Waals surface area contributed by atoms with Crippen molar-refractivity contribution < 1.29 is 4.79 Å². The van der Waals surface area contributed by atoms with Crippen molar-refractivity contribution in [3.05, 3.63) is 35.4 Å². The highest BCUT2D eigenvalue weighted by Crippen LogP contribution is 2.28. The highest BCUT2D eigenvalue weighted by molar-refractivity contribution is 7.99. The second kappa shape index (κ2) is 6.84. The van der Waals surface area contributed by atoms with Crippen LogP contribution < -0.4 is 10.6 Å². The Morgan fingerprint density at radius 1 is 1.24 bits per heavy atom. The summed E-state index contributed by atoms with van der Waals surface area (Å²) >= 11 is 1.96. The zero-order valence-electron chi connectivity index (χ0n) is 12.6. The van der Waals surface area contributed by atoms with Crippen molar-refractivity contribution in [1.29, 1.82) is 0 Å². The van der Waals surface area contributed by atoms with Crippen molar-refractivity contribution in [2.24, 2.45) is 0 Å². The predicted molar refractivity (Wildman–Crippen MR) is 88.6 cm³/mol. The van der Waals surface area contributed by atoms with Crippen molar-refractivity contribution in [2.45, 2.75) is 49.4 Å². The molecule has 4 heteroatoms. The zero-order valence-corrected chi connectivity index (χ0v) is 13.4. The average Bonchev–Trinajstić information content (AvgIpc) is 2.55. The Balaban J connectivity index is 1.62. The number of hydrogen-bond donors (Lipinski definition) is 2. The van der Waals surface area contributed by atoms with Crippen LogP contribution >= 0.6 is 11.8 Å². The molecular weight excluding hydrogens is 280 g/mol. The third kappa shape index (κ3) is 3.43. The number of amides is 1. The highest BCUT2D eigenvalue weighted by atomic mass is 32.2. The number of carbonyl (C=O) groups excluding carboxylic acids is 1. The van der Waals surface area contributed by atoms with E-state index in [1.807, 2.05) is 17.8 Å². The van der Waals surface area contributed by atoms with Crippen molar-refractivity contribution in [3.8, 4) is 0 Å². The van der Waals surface area contributed by atoms with Crippen LogP contribution in [0.15, 0.2) is 24.3 Å². The first kappa shape index (κ1) is 14.9. The topological polar surface area (TPSA) is 41.1 Å². The van der Waals surface area contributed by atoms with E-state index in [1.54, 1.807) is 0 Å². The van der Waals surface area contributed by atoms with Gasteiger partial charge in [0.15, 0.2) is 0 Å². The molecule has 1 fully saturated rings. The molecule has 2 aliphatic rings. The third-order valence-electron chi connectivity index (χ3n) is 4.73. The molecule has 1 aliphatic carbocycles. The molecule has 114 valence electrons. The summed E-state index contributed by atoms with van der Waals surface area (Å²) in [5.74, 6) is 0.148. The fraction of sp³-hybridized carbons (Fsp3) is 0.588. The highest BCUT2D eigenvalue weighted by Gasteiger charge is 2.28. The van der Waals surface area contributed by atoms with Crippen molar-refractivity contribution in [3.63, 3.8) is 0 Å². The van der Waals surface area contributed by atoms with Gasteiger partial charge in [0.05, 0.1) is 0 Å². The van der Waals surface area contributed by atoms with Crippen molar-refractivity contribution in [2.75, 3.05) is 12.8 Å². The molecule has 0 radical (unpaired) electrons. The van der Waals surface area contributed by atoms with Crippen LogP contribution in [0.1, 0.15) is 42.9 Å². The van der Waals surface area contributed by atoms with Gasteiger partial charge in [0.25, 0.3) is 0 Å². The van der Waals surface area contributed by atoms with E-state index in [4.69, 9.17) is 0 Å². The normalized spacial score (nSPS) is 28.7. The van der Waals surface area contributed by atoms with Gasteiger partial charge in [-0.05, 0) is 49.5 Å². The maximum atomic E-state index is 12.6. The molecule has 1 atom stereocenters. The number of fused-ring (bicyclic) bond motifs is 1. The lowest BCUT2D eigenvalue weighted by molar-refractivity contribution is -0.124. The Morgan fingerprint density at radius 3 is 2.76 bits per heavy atom. The molecule has 1 saturated carbocycles. The van der Waals surface area contributed by atoms with Gasteiger partial charge in [-0.15, -0.1) is 0 Å². The van der Waals surface area contributed by atoms with Gasteiger partial charge >= 0.3 is 0 Å². The van der Waals surface area contributed by atoms with E-state index in [9.17, 15) is 4.79 Å². The first-order valence-electron chi connectivity index (χ1n) is 7.92. The van der Waals surface area contributed by atoms with Crippen LogP contribution in [0, 0.1) is 0 Å². The molecule has 1 aliphatic heterocycles. The number of benzene rings is 1. The molecule has 1 amide bonds. The minimum atomic E-state index is -0.173. The summed E-state index contributed by atoms with van der Waals surface area (Å²) in [5, 5.41) is 7.42. The lowest BCUT2D eigenvalue weighted by Crippen LogP contribution is -2.46. The lowest BCUT2D eigenvalue weighted by atomic mass is 9.92. The Bertz CT molecular complexity index is 497. The molecule has 1 aromatic carbocycles. The Hall–Kier alpha value is -1.00. The molecule has 0 aromatic heterocycles. The van der Waals surface area contributed by atoms with Gasteiger partial charge in [-0.1, -0.05) is 24.3 Å². The molecule has 3 nitrogen and oxygen atoms in total. The molecule has 1 aromatic rings. The first-order chi connectivity index (χ1) is 10.3. The van der Waals surface area contributed by atoms with Crippen LogP contribution in [0.2, 0.25) is 0 Å². The summed E-state index contributed by atoms with van der Waals surface area (Å²) in [6.45, 7) is 0.883. The molecule has 0 spiro atoms. The number of hydrogen-bond acceptors (Lipinski definition) is 3. The molecule has 21 heavy (non-hydrogen) atoms. The smallest absolute Gasteiger partial charge is 0.241 e. The number of carbonyl (C=O) groups is 1. The second-order valence-electron chi connectivity index (χ2n) is 6.05. The quantitative estimate of drug-likeness (QED) is 0.902.